The Balaban J connectivity index is 2.25. The van der Waals surface area contributed by atoms with Crippen molar-refractivity contribution in [3.63, 3.8) is 0 Å². The lowest BCUT2D eigenvalue weighted by atomic mass is 9.86. The van der Waals surface area contributed by atoms with E-state index in [1.807, 2.05) is 25.1 Å². The fourth-order valence-electron chi connectivity index (χ4n) is 3.00. The second-order valence-corrected chi connectivity index (χ2v) is 10.2. The van der Waals surface area contributed by atoms with Gasteiger partial charge in [0.1, 0.15) is 6.04 Å². The molecular formula is C22H30N2O3S. The minimum Gasteiger partial charge on any atom is -0.348 e. The van der Waals surface area contributed by atoms with E-state index in [0.717, 1.165) is 16.1 Å². The van der Waals surface area contributed by atoms with Crippen LogP contribution in [0.3, 0.4) is 0 Å². The molecule has 1 amide bonds. The molecule has 0 aliphatic carbocycles. The molecule has 2 rings (SSSR count). The number of carbonyl (C=O) groups is 1. The molecule has 0 spiro atoms. The van der Waals surface area contributed by atoms with Crippen LogP contribution in [0.4, 0.5) is 0 Å². The Bertz CT molecular complexity index is 901. The molecule has 1 N–H and O–H groups in total. The molecule has 28 heavy (non-hydrogen) atoms. The molecule has 0 unspecified atom stereocenters. The van der Waals surface area contributed by atoms with Crippen LogP contribution in [-0.2, 0) is 20.2 Å². The lowest BCUT2D eigenvalue weighted by Crippen LogP contribution is -2.42. The summed E-state index contributed by atoms with van der Waals surface area (Å²) < 4.78 is 25.3. The van der Waals surface area contributed by atoms with Crippen LogP contribution in [-0.4, -0.2) is 31.9 Å². The van der Waals surface area contributed by atoms with Crippen molar-refractivity contribution in [1.82, 2.24) is 9.62 Å². The SMILES string of the molecule is C[C@H](NC(=O)[C@@H](c1ccccc1)N(C)S(C)(=O)=O)c1ccc(C(C)(C)C)cc1. The lowest BCUT2D eigenvalue weighted by Gasteiger charge is -2.27. The Hall–Kier alpha value is -2.18. The van der Waals surface area contributed by atoms with E-state index in [2.05, 4.69) is 38.2 Å². The summed E-state index contributed by atoms with van der Waals surface area (Å²) in [6, 6.07) is 15.9. The van der Waals surface area contributed by atoms with Gasteiger partial charge in [0.2, 0.25) is 15.9 Å². The highest BCUT2D eigenvalue weighted by molar-refractivity contribution is 7.88. The summed E-state index contributed by atoms with van der Waals surface area (Å²) in [7, 11) is -2.12. The molecule has 0 aliphatic heterocycles. The third kappa shape index (κ3) is 5.42. The summed E-state index contributed by atoms with van der Waals surface area (Å²) in [5.74, 6) is -0.355. The second-order valence-electron chi connectivity index (χ2n) is 8.19. The van der Waals surface area contributed by atoms with Crippen molar-refractivity contribution in [3.8, 4) is 0 Å². The predicted molar refractivity (Wildman–Crippen MR) is 113 cm³/mol. The van der Waals surface area contributed by atoms with Crippen LogP contribution in [0.1, 0.15) is 56.5 Å². The normalized spacial score (nSPS) is 14.5. The second kappa shape index (κ2) is 8.45. The first-order valence-corrected chi connectivity index (χ1v) is 11.1. The number of nitrogens with zero attached hydrogens (tertiary/aromatic N) is 1. The zero-order valence-corrected chi connectivity index (χ0v) is 18.2. The Kier molecular flexibility index (Phi) is 6.67. The number of sulfonamides is 1. The van der Waals surface area contributed by atoms with Gasteiger partial charge in [-0.1, -0.05) is 75.4 Å². The fraction of sp³-hybridized carbons (Fsp3) is 0.409. The Morgan fingerprint density at radius 2 is 1.50 bits per heavy atom. The van der Waals surface area contributed by atoms with Crippen LogP contribution in [0.2, 0.25) is 0 Å². The van der Waals surface area contributed by atoms with Crippen molar-refractivity contribution >= 4 is 15.9 Å². The monoisotopic (exact) mass is 402 g/mol. The first-order valence-electron chi connectivity index (χ1n) is 9.30. The molecule has 2 aromatic rings. The molecular weight excluding hydrogens is 372 g/mol. The Labute approximate surface area is 168 Å². The largest absolute Gasteiger partial charge is 0.348 e. The summed E-state index contributed by atoms with van der Waals surface area (Å²) in [5.41, 5.74) is 2.87. The average molecular weight is 403 g/mol. The molecule has 152 valence electrons. The minimum atomic E-state index is -3.55. The van der Waals surface area contributed by atoms with Crippen LogP contribution in [0.25, 0.3) is 0 Å². The molecule has 0 aliphatic rings. The van der Waals surface area contributed by atoms with Gasteiger partial charge in [-0.15, -0.1) is 0 Å². The number of nitrogens with one attached hydrogen (secondary N) is 1. The molecule has 6 heteroatoms. The zero-order chi connectivity index (χ0) is 21.1. The van der Waals surface area contributed by atoms with Gasteiger partial charge in [-0.05, 0) is 29.0 Å². The highest BCUT2D eigenvalue weighted by atomic mass is 32.2. The molecule has 0 radical (unpaired) electrons. The maximum Gasteiger partial charge on any atom is 0.243 e. The van der Waals surface area contributed by atoms with E-state index in [0.29, 0.717) is 5.56 Å². The van der Waals surface area contributed by atoms with Gasteiger partial charge < -0.3 is 5.32 Å². The van der Waals surface area contributed by atoms with E-state index in [4.69, 9.17) is 0 Å². The van der Waals surface area contributed by atoms with Crippen molar-refractivity contribution in [2.75, 3.05) is 13.3 Å². The van der Waals surface area contributed by atoms with E-state index < -0.39 is 16.1 Å². The number of hydrogen-bond donors (Lipinski definition) is 1. The highest BCUT2D eigenvalue weighted by Crippen LogP contribution is 2.26. The highest BCUT2D eigenvalue weighted by Gasteiger charge is 2.31. The van der Waals surface area contributed by atoms with E-state index in [1.54, 1.807) is 24.3 Å². The van der Waals surface area contributed by atoms with Crippen LogP contribution in [0, 0.1) is 0 Å². The maximum atomic E-state index is 13.0. The smallest absolute Gasteiger partial charge is 0.243 e. The molecule has 2 atom stereocenters. The quantitative estimate of drug-likeness (QED) is 0.799. The Morgan fingerprint density at radius 3 is 1.96 bits per heavy atom. The lowest BCUT2D eigenvalue weighted by molar-refractivity contribution is -0.125. The first-order chi connectivity index (χ1) is 12.9. The van der Waals surface area contributed by atoms with Crippen molar-refractivity contribution in [1.29, 1.82) is 0 Å². The number of hydrogen-bond acceptors (Lipinski definition) is 3. The minimum absolute atomic E-state index is 0.0572. The number of amides is 1. The van der Waals surface area contributed by atoms with Crippen molar-refractivity contribution < 1.29 is 13.2 Å². The van der Waals surface area contributed by atoms with E-state index in [-0.39, 0.29) is 17.4 Å². The third-order valence-corrected chi connectivity index (χ3v) is 6.14. The number of carbonyl (C=O) groups excluding carboxylic acids is 1. The van der Waals surface area contributed by atoms with Gasteiger partial charge in [0, 0.05) is 7.05 Å². The van der Waals surface area contributed by atoms with Crippen molar-refractivity contribution in [3.05, 3.63) is 71.3 Å². The van der Waals surface area contributed by atoms with Crippen LogP contribution in [0.15, 0.2) is 54.6 Å². The summed E-state index contributed by atoms with van der Waals surface area (Å²) in [6.07, 6.45) is 1.10. The molecule has 0 aromatic heterocycles. The summed E-state index contributed by atoms with van der Waals surface area (Å²) in [4.78, 5) is 13.0. The van der Waals surface area contributed by atoms with E-state index >= 15 is 0 Å². The average Bonchev–Trinajstić information content (AvgIpc) is 2.61. The summed E-state index contributed by atoms with van der Waals surface area (Å²) >= 11 is 0. The molecule has 0 saturated heterocycles. The van der Waals surface area contributed by atoms with Crippen LogP contribution in [0.5, 0.6) is 0 Å². The van der Waals surface area contributed by atoms with Gasteiger partial charge in [0.25, 0.3) is 0 Å². The zero-order valence-electron chi connectivity index (χ0n) is 17.4. The van der Waals surface area contributed by atoms with Gasteiger partial charge >= 0.3 is 0 Å². The molecule has 0 heterocycles. The van der Waals surface area contributed by atoms with Gasteiger partial charge in [0.15, 0.2) is 0 Å². The predicted octanol–water partition coefficient (Wildman–Crippen LogP) is 3.79. The summed E-state index contributed by atoms with van der Waals surface area (Å²) in [6.45, 7) is 8.35. The third-order valence-electron chi connectivity index (χ3n) is 4.89. The standard InChI is InChI=1S/C22H30N2O3S/c1-16(17-12-14-19(15-13-17)22(2,3)4)23-21(25)20(24(5)28(6,26)27)18-10-8-7-9-11-18/h7-16,20H,1-6H3,(H,23,25)/t16-,20+/m0/s1. The molecule has 5 nitrogen and oxygen atoms in total. The van der Waals surface area contributed by atoms with Crippen molar-refractivity contribution in [2.45, 2.75) is 45.2 Å². The van der Waals surface area contributed by atoms with E-state index in [1.165, 1.54) is 12.6 Å². The van der Waals surface area contributed by atoms with Gasteiger partial charge in [0.05, 0.1) is 12.3 Å². The van der Waals surface area contributed by atoms with E-state index in [9.17, 15) is 13.2 Å². The topological polar surface area (TPSA) is 66.5 Å². The molecule has 0 fully saturated rings. The van der Waals surface area contributed by atoms with Crippen molar-refractivity contribution in [2.24, 2.45) is 0 Å². The maximum absolute atomic E-state index is 13.0. The van der Waals surface area contributed by atoms with Gasteiger partial charge in [-0.25, -0.2) is 8.42 Å². The summed E-state index contributed by atoms with van der Waals surface area (Å²) in [5, 5.41) is 2.96. The molecule has 0 bridgehead atoms. The van der Waals surface area contributed by atoms with Gasteiger partial charge in [-0.2, -0.15) is 4.31 Å². The fourth-order valence-corrected chi connectivity index (χ4v) is 3.60. The molecule has 2 aromatic carbocycles. The Morgan fingerprint density at radius 1 is 0.964 bits per heavy atom. The van der Waals surface area contributed by atoms with Crippen LogP contribution < -0.4 is 5.32 Å². The first kappa shape index (κ1) is 22.1. The number of benzene rings is 2. The van der Waals surface area contributed by atoms with Crippen LogP contribution >= 0.6 is 0 Å². The molecule has 0 saturated carbocycles. The van der Waals surface area contributed by atoms with Gasteiger partial charge in [-0.3, -0.25) is 4.79 Å². The number of rotatable bonds is 6. The number of likely N-dealkylation sites (N-methyl/N-ethyl adjacent to an activating group) is 1.